The van der Waals surface area contributed by atoms with Gasteiger partial charge in [0.1, 0.15) is 17.5 Å². The maximum atomic E-state index is 12.8. The first-order chi connectivity index (χ1) is 13.1. The average Bonchev–Trinajstić information content (AvgIpc) is 2.65. The van der Waals surface area contributed by atoms with Gasteiger partial charge in [0.15, 0.2) is 5.78 Å². The van der Waals surface area contributed by atoms with Gasteiger partial charge < -0.3 is 20.3 Å². The van der Waals surface area contributed by atoms with Gasteiger partial charge in [-0.1, -0.05) is 12.1 Å². The molecule has 0 bridgehead atoms. The van der Waals surface area contributed by atoms with Gasteiger partial charge in [-0.15, -0.1) is 0 Å². The van der Waals surface area contributed by atoms with E-state index in [1.54, 1.807) is 50.2 Å². The number of halogens is 1. The van der Waals surface area contributed by atoms with E-state index >= 15 is 0 Å². The van der Waals surface area contributed by atoms with Crippen LogP contribution in [0.25, 0.3) is 0 Å². The summed E-state index contributed by atoms with van der Waals surface area (Å²) in [4.78, 5) is 24.7. The highest BCUT2D eigenvalue weighted by molar-refractivity contribution is 14.1. The number of aliphatic hydroxyl groups excluding tert-OH is 2. The molecule has 0 aliphatic carbocycles. The van der Waals surface area contributed by atoms with Crippen molar-refractivity contribution in [2.75, 3.05) is 0 Å². The van der Waals surface area contributed by atoms with Crippen molar-refractivity contribution in [3.63, 3.8) is 0 Å². The van der Waals surface area contributed by atoms with Gasteiger partial charge in [-0.05, 0) is 73.2 Å². The number of fused-ring (bicyclic) bond motifs is 1. The Bertz CT molecular complexity index is 940. The molecule has 1 amide bonds. The van der Waals surface area contributed by atoms with Crippen molar-refractivity contribution in [3.8, 4) is 5.75 Å². The molecule has 28 heavy (non-hydrogen) atoms. The zero-order valence-corrected chi connectivity index (χ0v) is 18.0. The first kappa shape index (κ1) is 20.8. The summed E-state index contributed by atoms with van der Waals surface area (Å²) in [6.45, 7) is 4.80. The number of ether oxygens (including phenoxy) is 1. The predicted molar refractivity (Wildman–Crippen MR) is 112 cm³/mol. The number of rotatable bonds is 4. The molecule has 2 aromatic rings. The van der Waals surface area contributed by atoms with Crippen LogP contribution in [0.1, 0.15) is 58.7 Å². The molecule has 0 fully saturated rings. The van der Waals surface area contributed by atoms with E-state index in [1.165, 1.54) is 6.92 Å². The van der Waals surface area contributed by atoms with Crippen molar-refractivity contribution in [2.24, 2.45) is 0 Å². The molecule has 0 spiro atoms. The molecule has 0 saturated heterocycles. The van der Waals surface area contributed by atoms with Crippen molar-refractivity contribution >= 4 is 34.3 Å². The summed E-state index contributed by atoms with van der Waals surface area (Å²) in [7, 11) is 0. The number of aliphatic hydroxyl groups is 2. The SMILES string of the molecule is CC(=O)c1cc(I)c2c(c1)[C@H](NC(=O)c1cccc(CO)c1)[C@@H](O)C(C)(C)O2. The normalized spacial score (nSPS) is 20.1. The van der Waals surface area contributed by atoms with Gasteiger partial charge in [-0.3, -0.25) is 9.59 Å². The van der Waals surface area contributed by atoms with E-state index < -0.39 is 17.7 Å². The Kier molecular flexibility index (Phi) is 5.79. The molecule has 0 unspecified atom stereocenters. The van der Waals surface area contributed by atoms with Crippen molar-refractivity contribution in [2.45, 2.75) is 45.1 Å². The molecular weight excluding hydrogens is 473 g/mol. The number of nitrogens with one attached hydrogen (secondary N) is 1. The van der Waals surface area contributed by atoms with Crippen LogP contribution >= 0.6 is 22.6 Å². The summed E-state index contributed by atoms with van der Waals surface area (Å²) in [6, 6.07) is 9.30. The second-order valence-corrected chi connectivity index (χ2v) is 8.55. The number of hydrogen-bond acceptors (Lipinski definition) is 5. The summed E-state index contributed by atoms with van der Waals surface area (Å²) < 4.78 is 6.74. The maximum Gasteiger partial charge on any atom is 0.251 e. The lowest BCUT2D eigenvalue weighted by atomic mass is 9.85. The minimum atomic E-state index is -1.03. The molecular formula is C21H22INO5. The smallest absolute Gasteiger partial charge is 0.251 e. The fourth-order valence-electron chi connectivity index (χ4n) is 3.24. The molecule has 1 aliphatic rings. The van der Waals surface area contributed by atoms with E-state index in [-0.39, 0.29) is 18.3 Å². The Hall–Kier alpha value is -1.97. The van der Waals surface area contributed by atoms with Gasteiger partial charge in [0, 0.05) is 16.7 Å². The number of Topliss-reactive ketones (excluding diaryl/α,β-unsaturated/α-hetero) is 1. The maximum absolute atomic E-state index is 12.8. The van der Waals surface area contributed by atoms with Crippen molar-refractivity contribution in [3.05, 3.63) is 62.2 Å². The molecule has 6 nitrogen and oxygen atoms in total. The lowest BCUT2D eigenvalue weighted by molar-refractivity contribution is -0.0633. The van der Waals surface area contributed by atoms with Gasteiger partial charge in [0.25, 0.3) is 5.91 Å². The van der Waals surface area contributed by atoms with Gasteiger partial charge in [0.2, 0.25) is 0 Å². The molecule has 0 aromatic heterocycles. The summed E-state index contributed by atoms with van der Waals surface area (Å²) in [6.07, 6.45) is -1.03. The lowest BCUT2D eigenvalue weighted by Gasteiger charge is -2.42. The summed E-state index contributed by atoms with van der Waals surface area (Å²) in [5.74, 6) is 0.0577. The van der Waals surface area contributed by atoms with Crippen molar-refractivity contribution < 1.29 is 24.5 Å². The minimum Gasteiger partial charge on any atom is -0.484 e. The van der Waals surface area contributed by atoms with E-state index in [9.17, 15) is 19.8 Å². The molecule has 3 rings (SSSR count). The van der Waals surface area contributed by atoms with Gasteiger partial charge in [-0.25, -0.2) is 0 Å². The second kappa shape index (κ2) is 7.81. The van der Waals surface area contributed by atoms with Crippen LogP contribution in [0.5, 0.6) is 5.75 Å². The van der Waals surface area contributed by atoms with Gasteiger partial charge in [-0.2, -0.15) is 0 Å². The quantitative estimate of drug-likeness (QED) is 0.448. The number of ketones is 1. The van der Waals surface area contributed by atoms with Crippen LogP contribution < -0.4 is 10.1 Å². The number of amides is 1. The van der Waals surface area contributed by atoms with Crippen LogP contribution in [0, 0.1) is 3.57 Å². The van der Waals surface area contributed by atoms with Crippen molar-refractivity contribution in [1.82, 2.24) is 5.32 Å². The zero-order chi connectivity index (χ0) is 20.6. The van der Waals surface area contributed by atoms with Crippen LogP contribution in [-0.4, -0.2) is 33.6 Å². The third-order valence-corrected chi connectivity index (χ3v) is 5.67. The summed E-state index contributed by atoms with van der Waals surface area (Å²) in [5, 5.41) is 23.1. The van der Waals surface area contributed by atoms with Crippen LogP contribution in [0.2, 0.25) is 0 Å². The van der Waals surface area contributed by atoms with E-state index in [0.29, 0.717) is 28.0 Å². The van der Waals surface area contributed by atoms with Crippen LogP contribution in [0.15, 0.2) is 36.4 Å². The van der Waals surface area contributed by atoms with E-state index in [2.05, 4.69) is 27.9 Å². The van der Waals surface area contributed by atoms with Crippen LogP contribution in [-0.2, 0) is 6.61 Å². The highest BCUT2D eigenvalue weighted by atomic mass is 127. The largest absolute Gasteiger partial charge is 0.484 e. The molecule has 7 heteroatoms. The fraction of sp³-hybridized carbons (Fsp3) is 0.333. The third kappa shape index (κ3) is 3.92. The Morgan fingerprint density at radius 2 is 1.93 bits per heavy atom. The Labute approximate surface area is 177 Å². The molecule has 0 radical (unpaired) electrons. The van der Waals surface area contributed by atoms with Crippen molar-refractivity contribution in [1.29, 1.82) is 0 Å². The topological polar surface area (TPSA) is 95.9 Å². The molecule has 0 saturated carbocycles. The highest BCUT2D eigenvalue weighted by Gasteiger charge is 2.44. The number of hydrogen-bond donors (Lipinski definition) is 3. The highest BCUT2D eigenvalue weighted by Crippen LogP contribution is 2.43. The predicted octanol–water partition coefficient (Wildman–Crippen LogP) is 2.99. The van der Waals surface area contributed by atoms with Gasteiger partial charge in [0.05, 0.1) is 16.2 Å². The molecule has 1 heterocycles. The molecule has 2 aromatic carbocycles. The standard InChI is InChI=1S/C21H22INO5/c1-11(25)14-8-15-17(19(26)21(2,3)28-18(15)16(22)9-14)23-20(27)13-6-4-5-12(7-13)10-24/h4-9,17,19,24,26H,10H2,1-3H3,(H,23,27)/t17-,19+/m0/s1. The van der Waals surface area contributed by atoms with E-state index in [0.717, 1.165) is 3.57 Å². The van der Waals surface area contributed by atoms with Crippen LogP contribution in [0.3, 0.4) is 0 Å². The second-order valence-electron chi connectivity index (χ2n) is 7.39. The summed E-state index contributed by atoms with van der Waals surface area (Å²) >= 11 is 2.09. The van der Waals surface area contributed by atoms with E-state index in [4.69, 9.17) is 4.74 Å². The van der Waals surface area contributed by atoms with Gasteiger partial charge >= 0.3 is 0 Å². The number of carbonyl (C=O) groups is 2. The zero-order valence-electron chi connectivity index (χ0n) is 15.8. The van der Waals surface area contributed by atoms with E-state index in [1.807, 2.05) is 0 Å². The fourth-order valence-corrected chi connectivity index (χ4v) is 4.00. The third-order valence-electron chi connectivity index (χ3n) is 4.87. The summed E-state index contributed by atoms with van der Waals surface area (Å²) in [5.41, 5.74) is 1.11. The number of carbonyl (C=O) groups excluding carboxylic acids is 2. The first-order valence-corrected chi connectivity index (χ1v) is 9.94. The average molecular weight is 495 g/mol. The Morgan fingerprint density at radius 1 is 1.21 bits per heavy atom. The minimum absolute atomic E-state index is 0.110. The monoisotopic (exact) mass is 495 g/mol. The molecule has 1 aliphatic heterocycles. The molecule has 148 valence electrons. The first-order valence-electron chi connectivity index (χ1n) is 8.86. The molecule has 3 N–H and O–H groups in total. The Morgan fingerprint density at radius 3 is 2.57 bits per heavy atom. The lowest BCUT2D eigenvalue weighted by Crippen LogP contribution is -2.53. The Balaban J connectivity index is 2.04. The number of benzene rings is 2. The molecule has 2 atom stereocenters. The van der Waals surface area contributed by atoms with Crippen LogP contribution in [0.4, 0.5) is 0 Å².